The molecule has 2 atom stereocenters. The number of aliphatic hydroxyl groups is 1. The second-order valence-corrected chi connectivity index (χ2v) is 12.1. The number of carboxylic acid groups (broad SMARTS) is 1. The Morgan fingerprint density at radius 1 is 1.41 bits per heavy atom. The fraction of sp³-hybridized carbons (Fsp3) is 0.500. The molecule has 0 aromatic carbocycles. The van der Waals surface area contributed by atoms with Crippen molar-refractivity contribution in [1.82, 2.24) is 14.6 Å². The number of halogens is 4. The van der Waals surface area contributed by atoms with Crippen molar-refractivity contribution in [2.45, 2.75) is 42.5 Å². The van der Waals surface area contributed by atoms with Gasteiger partial charge in [0.2, 0.25) is 0 Å². The third-order valence-corrected chi connectivity index (χ3v) is 8.99. The summed E-state index contributed by atoms with van der Waals surface area (Å²) < 4.78 is 74.4. The first-order chi connectivity index (χ1) is 18.3. The van der Waals surface area contributed by atoms with E-state index >= 15 is 0 Å². The summed E-state index contributed by atoms with van der Waals surface area (Å²) in [6.07, 6.45) is -7.16. The molecule has 1 fully saturated rings. The highest BCUT2D eigenvalue weighted by atomic mass is 35.5. The number of ether oxygens (including phenoxy) is 1. The van der Waals surface area contributed by atoms with Gasteiger partial charge in [-0.1, -0.05) is 11.6 Å². The minimum Gasteiger partial charge on any atom is -0.481 e. The topological polar surface area (TPSA) is 156 Å². The Labute approximate surface area is 231 Å². The van der Waals surface area contributed by atoms with Crippen LogP contribution in [0.4, 0.5) is 19.0 Å². The van der Waals surface area contributed by atoms with Crippen LogP contribution in [0.15, 0.2) is 22.4 Å². The molecule has 0 radical (unpaired) electrons. The molecule has 214 valence electrons. The minimum absolute atomic E-state index is 0.00917. The summed E-state index contributed by atoms with van der Waals surface area (Å²) in [4.78, 5) is 18.0. The molecular formula is C22H25ClF3N5O6S2. The number of pyridine rings is 1. The number of rotatable bonds is 11. The summed E-state index contributed by atoms with van der Waals surface area (Å²) >= 11 is 6.69. The molecule has 1 aliphatic heterocycles. The second-order valence-electron chi connectivity index (χ2n) is 8.42. The molecule has 2 aromatic rings. The molecule has 11 nitrogen and oxygen atoms in total. The number of piperazine rings is 1. The van der Waals surface area contributed by atoms with Crippen LogP contribution in [-0.4, -0.2) is 73.4 Å². The van der Waals surface area contributed by atoms with Crippen LogP contribution in [0.5, 0.6) is 0 Å². The number of thiophene rings is 1. The molecule has 3 N–H and O–H groups in total. The smallest absolute Gasteiger partial charge is 0.433 e. The Bertz CT molecular complexity index is 1330. The summed E-state index contributed by atoms with van der Waals surface area (Å²) in [5.41, 5.74) is -2.35. The lowest BCUT2D eigenvalue weighted by atomic mass is 10.0. The number of hydrogen-bond donors (Lipinski definition) is 3. The summed E-state index contributed by atoms with van der Waals surface area (Å²) in [6, 6.07) is 4.85. The van der Waals surface area contributed by atoms with E-state index in [0.29, 0.717) is 0 Å². The van der Waals surface area contributed by atoms with Crippen LogP contribution in [-0.2, 0) is 25.7 Å². The quantitative estimate of drug-likeness (QED) is 0.323. The number of aliphatic hydroxyl groups excluding tert-OH is 1. The molecule has 39 heavy (non-hydrogen) atoms. The van der Waals surface area contributed by atoms with E-state index in [2.05, 4.69) is 9.71 Å². The van der Waals surface area contributed by atoms with Crippen molar-refractivity contribution in [1.29, 1.82) is 5.26 Å². The SMILES string of the molecule is CCOC(O)c1cc(C#N)c(N2CCN(CNS(=O)(=O)c3ccc(Cl)s3)C(CCC(=O)O)C2)nc1C(F)(F)F. The number of anilines is 1. The number of aliphatic carboxylic acids is 1. The van der Waals surface area contributed by atoms with Crippen LogP contribution >= 0.6 is 22.9 Å². The molecule has 3 heterocycles. The predicted molar refractivity (Wildman–Crippen MR) is 135 cm³/mol. The van der Waals surface area contributed by atoms with Crippen molar-refractivity contribution in [2.24, 2.45) is 0 Å². The van der Waals surface area contributed by atoms with E-state index in [9.17, 15) is 41.9 Å². The molecule has 0 saturated carbocycles. The van der Waals surface area contributed by atoms with Crippen LogP contribution in [0.3, 0.4) is 0 Å². The average Bonchev–Trinajstić information content (AvgIpc) is 3.32. The fourth-order valence-electron chi connectivity index (χ4n) is 4.04. The Kier molecular flexibility index (Phi) is 10.2. The first kappa shape index (κ1) is 31.0. The number of alkyl halides is 3. The summed E-state index contributed by atoms with van der Waals surface area (Å²) in [5.74, 6) is -1.39. The minimum atomic E-state index is -4.97. The number of nitriles is 1. The van der Waals surface area contributed by atoms with Crippen molar-refractivity contribution >= 4 is 44.7 Å². The van der Waals surface area contributed by atoms with Crippen molar-refractivity contribution in [3.63, 3.8) is 0 Å². The number of sulfonamides is 1. The fourth-order valence-corrected chi connectivity index (χ4v) is 6.57. The zero-order chi connectivity index (χ0) is 29.0. The molecule has 0 bridgehead atoms. The zero-order valence-electron chi connectivity index (χ0n) is 20.5. The third-order valence-electron chi connectivity index (χ3n) is 5.88. The van der Waals surface area contributed by atoms with Gasteiger partial charge in [-0.05, 0) is 31.5 Å². The molecule has 0 spiro atoms. The second kappa shape index (κ2) is 12.8. The van der Waals surface area contributed by atoms with E-state index in [1.807, 2.05) is 0 Å². The molecule has 2 aromatic heterocycles. The highest BCUT2D eigenvalue weighted by molar-refractivity contribution is 7.91. The van der Waals surface area contributed by atoms with Gasteiger partial charge < -0.3 is 19.8 Å². The molecule has 1 saturated heterocycles. The normalized spacial score (nSPS) is 17.7. The monoisotopic (exact) mass is 611 g/mol. The van der Waals surface area contributed by atoms with Gasteiger partial charge in [-0.2, -0.15) is 23.2 Å². The largest absolute Gasteiger partial charge is 0.481 e. The lowest BCUT2D eigenvalue weighted by molar-refractivity contribution is -0.150. The first-order valence-electron chi connectivity index (χ1n) is 11.5. The Hall–Kier alpha value is -2.52. The van der Waals surface area contributed by atoms with Crippen molar-refractivity contribution < 1.29 is 41.3 Å². The van der Waals surface area contributed by atoms with Gasteiger partial charge in [-0.15, -0.1) is 11.3 Å². The van der Waals surface area contributed by atoms with E-state index in [1.54, 1.807) is 11.0 Å². The Morgan fingerprint density at radius 2 is 2.13 bits per heavy atom. The van der Waals surface area contributed by atoms with Crippen LogP contribution in [0.1, 0.15) is 42.9 Å². The summed E-state index contributed by atoms with van der Waals surface area (Å²) in [6.45, 7) is 1.35. The summed E-state index contributed by atoms with van der Waals surface area (Å²) in [7, 11) is -3.91. The van der Waals surface area contributed by atoms with Gasteiger partial charge in [0.05, 0.1) is 16.6 Å². The third kappa shape index (κ3) is 7.78. The van der Waals surface area contributed by atoms with Gasteiger partial charge >= 0.3 is 12.1 Å². The molecule has 1 aliphatic rings. The van der Waals surface area contributed by atoms with Gasteiger partial charge in [0.25, 0.3) is 10.0 Å². The van der Waals surface area contributed by atoms with E-state index in [1.165, 1.54) is 24.0 Å². The van der Waals surface area contributed by atoms with Crippen LogP contribution in [0.2, 0.25) is 4.34 Å². The Balaban J connectivity index is 1.89. The molecule has 0 amide bonds. The first-order valence-corrected chi connectivity index (χ1v) is 14.2. The van der Waals surface area contributed by atoms with E-state index in [0.717, 1.165) is 17.4 Å². The number of carboxylic acids is 1. The van der Waals surface area contributed by atoms with Crippen molar-refractivity contribution in [3.05, 3.63) is 39.4 Å². The van der Waals surface area contributed by atoms with E-state index in [-0.39, 0.29) is 65.7 Å². The number of nitrogens with one attached hydrogen (secondary N) is 1. The molecule has 3 rings (SSSR count). The standard InChI is InChI=1S/C22H25ClF3N5O6S2/c1-2-37-21(34)15-9-13(10-27)20(29-19(15)22(24,25)26)30-7-8-31(14(11-30)3-5-17(32)33)12-28-39(35,36)18-6-4-16(23)38-18/h4,6,9,14,21,28,34H,2-3,5,7-8,11-12H2,1H3,(H,32,33). The zero-order valence-corrected chi connectivity index (χ0v) is 22.9. The van der Waals surface area contributed by atoms with E-state index < -0.39 is 45.8 Å². The molecular weight excluding hydrogens is 587 g/mol. The van der Waals surface area contributed by atoms with Crippen LogP contribution in [0, 0.1) is 11.3 Å². The van der Waals surface area contributed by atoms with Crippen LogP contribution in [0.25, 0.3) is 0 Å². The molecule has 17 heteroatoms. The Morgan fingerprint density at radius 3 is 2.69 bits per heavy atom. The van der Waals surface area contributed by atoms with Crippen molar-refractivity contribution in [3.8, 4) is 6.07 Å². The summed E-state index contributed by atoms with van der Waals surface area (Å²) in [5, 5.41) is 28.9. The maximum atomic E-state index is 13.9. The maximum absolute atomic E-state index is 13.9. The average molecular weight is 612 g/mol. The van der Waals surface area contributed by atoms with Gasteiger partial charge in [0.1, 0.15) is 16.1 Å². The predicted octanol–water partition coefficient (Wildman–Crippen LogP) is 3.01. The number of aromatic nitrogens is 1. The maximum Gasteiger partial charge on any atom is 0.433 e. The molecule has 2 unspecified atom stereocenters. The molecule has 0 aliphatic carbocycles. The van der Waals surface area contributed by atoms with E-state index in [4.69, 9.17) is 16.3 Å². The number of hydrogen-bond acceptors (Lipinski definition) is 10. The van der Waals surface area contributed by atoms with Gasteiger partial charge in [0.15, 0.2) is 12.0 Å². The number of nitrogens with zero attached hydrogens (tertiary/aromatic N) is 4. The highest BCUT2D eigenvalue weighted by Gasteiger charge is 2.40. The van der Waals surface area contributed by atoms with Crippen LogP contribution < -0.4 is 9.62 Å². The van der Waals surface area contributed by atoms with Crippen molar-refractivity contribution in [2.75, 3.05) is 37.8 Å². The lowest BCUT2D eigenvalue weighted by Gasteiger charge is -2.42. The number of carbonyl (C=O) groups is 1. The lowest BCUT2D eigenvalue weighted by Crippen LogP contribution is -2.56. The highest BCUT2D eigenvalue weighted by Crippen LogP contribution is 2.37. The van der Waals surface area contributed by atoms with Gasteiger partial charge in [-0.3, -0.25) is 9.69 Å². The van der Waals surface area contributed by atoms with Gasteiger partial charge in [-0.25, -0.2) is 13.4 Å². The van der Waals surface area contributed by atoms with Gasteiger partial charge in [0, 0.05) is 44.3 Å².